The Bertz CT molecular complexity index is 369. The smallest absolute Gasteiger partial charge is 0.330 e. The minimum atomic E-state index is -0.307. The zero-order chi connectivity index (χ0) is 11.8. The van der Waals surface area contributed by atoms with Gasteiger partial charge in [0.05, 0.1) is 6.61 Å². The Kier molecular flexibility index (Phi) is 5.12. The van der Waals surface area contributed by atoms with Crippen LogP contribution in [0.15, 0.2) is 36.4 Å². The summed E-state index contributed by atoms with van der Waals surface area (Å²) in [5.41, 5.74) is 1.04. The highest BCUT2D eigenvalue weighted by atomic mass is 16.5. The minimum Gasteiger partial charge on any atom is -0.508 e. The summed E-state index contributed by atoms with van der Waals surface area (Å²) in [6.45, 7) is 2.17. The van der Waals surface area contributed by atoms with Gasteiger partial charge in [0, 0.05) is 6.08 Å². The first-order valence-electron chi connectivity index (χ1n) is 5.29. The number of phenolic OH excluding ortho intramolecular Hbond substituents is 1. The molecule has 0 aromatic heterocycles. The van der Waals surface area contributed by atoms with Crippen LogP contribution in [0.5, 0.6) is 5.75 Å². The molecule has 3 heteroatoms. The van der Waals surface area contributed by atoms with Gasteiger partial charge in [-0.05, 0) is 37.5 Å². The van der Waals surface area contributed by atoms with E-state index in [1.165, 1.54) is 6.08 Å². The summed E-state index contributed by atoms with van der Waals surface area (Å²) in [6, 6.07) is 7.09. The van der Waals surface area contributed by atoms with Gasteiger partial charge in [0.15, 0.2) is 0 Å². The number of ether oxygens (including phenoxy) is 1. The standard InChI is InChI=1S/C13H16O3/c1-2-5-13(15)16-9-4-7-11-6-3-8-12(14)10-11/h2-3,5-6,8,10,14H,4,7,9H2,1H3. The quantitative estimate of drug-likeness (QED) is 0.471. The summed E-state index contributed by atoms with van der Waals surface area (Å²) in [6.07, 6.45) is 4.59. The second-order valence-electron chi connectivity index (χ2n) is 3.44. The van der Waals surface area contributed by atoms with Crippen LogP contribution in [0.25, 0.3) is 0 Å². The lowest BCUT2D eigenvalue weighted by atomic mass is 10.1. The maximum absolute atomic E-state index is 11.0. The van der Waals surface area contributed by atoms with Crippen molar-refractivity contribution < 1.29 is 14.6 Å². The predicted molar refractivity (Wildman–Crippen MR) is 62.2 cm³/mol. The van der Waals surface area contributed by atoms with E-state index in [-0.39, 0.29) is 11.7 Å². The van der Waals surface area contributed by atoms with Crippen molar-refractivity contribution in [3.8, 4) is 5.75 Å². The molecule has 0 saturated carbocycles. The molecule has 1 aromatic carbocycles. The van der Waals surface area contributed by atoms with E-state index in [4.69, 9.17) is 4.74 Å². The SMILES string of the molecule is CC=CC(=O)OCCCc1cccc(O)c1. The average Bonchev–Trinajstić information content (AvgIpc) is 2.25. The van der Waals surface area contributed by atoms with Gasteiger partial charge in [-0.1, -0.05) is 18.2 Å². The van der Waals surface area contributed by atoms with Crippen molar-refractivity contribution in [2.24, 2.45) is 0 Å². The maximum Gasteiger partial charge on any atom is 0.330 e. The summed E-state index contributed by atoms with van der Waals surface area (Å²) in [4.78, 5) is 11.0. The fourth-order valence-corrected chi connectivity index (χ4v) is 1.35. The number of carbonyl (C=O) groups excluding carboxylic acids is 1. The number of aryl methyl sites for hydroxylation is 1. The lowest BCUT2D eigenvalue weighted by molar-refractivity contribution is -0.137. The Balaban J connectivity index is 2.23. The molecule has 0 saturated heterocycles. The van der Waals surface area contributed by atoms with E-state index in [0.717, 1.165) is 18.4 Å². The van der Waals surface area contributed by atoms with Crippen LogP contribution in [0.1, 0.15) is 18.9 Å². The third kappa shape index (κ3) is 4.64. The molecule has 0 unspecified atom stereocenters. The Morgan fingerprint density at radius 2 is 2.31 bits per heavy atom. The summed E-state index contributed by atoms with van der Waals surface area (Å²) in [5.74, 6) is -0.0400. The van der Waals surface area contributed by atoms with Crippen LogP contribution in [0, 0.1) is 0 Å². The van der Waals surface area contributed by atoms with Crippen LogP contribution in [-0.2, 0) is 16.0 Å². The van der Waals surface area contributed by atoms with Gasteiger partial charge in [-0.2, -0.15) is 0 Å². The number of allylic oxidation sites excluding steroid dienone is 1. The van der Waals surface area contributed by atoms with Crippen LogP contribution in [0.4, 0.5) is 0 Å². The molecule has 0 amide bonds. The van der Waals surface area contributed by atoms with Gasteiger partial charge < -0.3 is 9.84 Å². The zero-order valence-corrected chi connectivity index (χ0v) is 9.35. The van der Waals surface area contributed by atoms with E-state index < -0.39 is 0 Å². The van der Waals surface area contributed by atoms with Crippen molar-refractivity contribution in [2.75, 3.05) is 6.61 Å². The second-order valence-corrected chi connectivity index (χ2v) is 3.44. The van der Waals surface area contributed by atoms with Crippen molar-refractivity contribution in [1.82, 2.24) is 0 Å². The van der Waals surface area contributed by atoms with Crippen molar-refractivity contribution in [2.45, 2.75) is 19.8 Å². The van der Waals surface area contributed by atoms with Gasteiger partial charge in [0.1, 0.15) is 5.75 Å². The third-order valence-corrected chi connectivity index (χ3v) is 2.07. The Labute approximate surface area is 95.4 Å². The third-order valence-electron chi connectivity index (χ3n) is 2.07. The molecular formula is C13H16O3. The summed E-state index contributed by atoms with van der Waals surface area (Å²) in [5, 5.41) is 9.23. The van der Waals surface area contributed by atoms with Gasteiger partial charge in [-0.25, -0.2) is 4.79 Å². The Hall–Kier alpha value is -1.77. The highest BCUT2D eigenvalue weighted by molar-refractivity contribution is 5.81. The molecule has 3 nitrogen and oxygen atoms in total. The predicted octanol–water partition coefficient (Wildman–Crippen LogP) is 2.44. The van der Waals surface area contributed by atoms with Crippen molar-refractivity contribution >= 4 is 5.97 Å². The normalized spacial score (nSPS) is 10.6. The van der Waals surface area contributed by atoms with Crippen LogP contribution in [0.3, 0.4) is 0 Å². The lowest BCUT2D eigenvalue weighted by Gasteiger charge is -2.03. The molecule has 1 aromatic rings. The zero-order valence-electron chi connectivity index (χ0n) is 9.35. The molecule has 0 heterocycles. The highest BCUT2D eigenvalue weighted by Crippen LogP contribution is 2.12. The van der Waals surface area contributed by atoms with E-state index in [0.29, 0.717) is 6.61 Å². The molecule has 0 bridgehead atoms. The largest absolute Gasteiger partial charge is 0.508 e. The molecule has 0 atom stereocenters. The van der Waals surface area contributed by atoms with Crippen LogP contribution in [-0.4, -0.2) is 17.7 Å². The van der Waals surface area contributed by atoms with Crippen LogP contribution in [0.2, 0.25) is 0 Å². The molecule has 0 spiro atoms. The molecule has 1 N–H and O–H groups in total. The first kappa shape index (κ1) is 12.3. The molecule has 16 heavy (non-hydrogen) atoms. The molecule has 86 valence electrons. The topological polar surface area (TPSA) is 46.5 Å². The fraction of sp³-hybridized carbons (Fsp3) is 0.308. The maximum atomic E-state index is 11.0. The van der Waals surface area contributed by atoms with E-state index in [2.05, 4.69) is 0 Å². The minimum absolute atomic E-state index is 0.267. The van der Waals surface area contributed by atoms with Crippen molar-refractivity contribution in [3.63, 3.8) is 0 Å². The van der Waals surface area contributed by atoms with Crippen LogP contribution < -0.4 is 0 Å². The molecule has 0 aliphatic heterocycles. The fourth-order valence-electron chi connectivity index (χ4n) is 1.35. The van der Waals surface area contributed by atoms with Gasteiger partial charge in [0.2, 0.25) is 0 Å². The number of benzene rings is 1. The number of aromatic hydroxyl groups is 1. The van der Waals surface area contributed by atoms with Gasteiger partial charge in [-0.15, -0.1) is 0 Å². The number of hydrogen-bond donors (Lipinski definition) is 1. The highest BCUT2D eigenvalue weighted by Gasteiger charge is 1.98. The van der Waals surface area contributed by atoms with E-state index in [1.807, 2.05) is 6.07 Å². The lowest BCUT2D eigenvalue weighted by Crippen LogP contribution is -2.03. The van der Waals surface area contributed by atoms with Gasteiger partial charge >= 0.3 is 5.97 Å². The van der Waals surface area contributed by atoms with E-state index in [9.17, 15) is 9.90 Å². The second kappa shape index (κ2) is 6.67. The van der Waals surface area contributed by atoms with Crippen LogP contribution >= 0.6 is 0 Å². The molecular weight excluding hydrogens is 204 g/mol. The monoisotopic (exact) mass is 220 g/mol. The number of rotatable bonds is 5. The van der Waals surface area contributed by atoms with E-state index >= 15 is 0 Å². The molecule has 0 fully saturated rings. The number of hydrogen-bond acceptors (Lipinski definition) is 3. The van der Waals surface area contributed by atoms with Crippen molar-refractivity contribution in [1.29, 1.82) is 0 Å². The molecule has 0 aliphatic rings. The first-order valence-corrected chi connectivity index (χ1v) is 5.29. The molecule has 0 radical (unpaired) electrons. The summed E-state index contributed by atoms with van der Waals surface area (Å²) >= 11 is 0. The summed E-state index contributed by atoms with van der Waals surface area (Å²) in [7, 11) is 0. The van der Waals surface area contributed by atoms with Crippen molar-refractivity contribution in [3.05, 3.63) is 42.0 Å². The number of phenols is 1. The molecule has 1 rings (SSSR count). The number of esters is 1. The summed E-state index contributed by atoms with van der Waals surface area (Å²) < 4.78 is 4.95. The average molecular weight is 220 g/mol. The Morgan fingerprint density at radius 1 is 1.50 bits per heavy atom. The Morgan fingerprint density at radius 3 is 3.00 bits per heavy atom. The molecule has 0 aliphatic carbocycles. The first-order chi connectivity index (χ1) is 7.72. The van der Waals surface area contributed by atoms with E-state index in [1.54, 1.807) is 31.2 Å². The number of carbonyl (C=O) groups is 1. The van der Waals surface area contributed by atoms with Gasteiger partial charge in [0.25, 0.3) is 0 Å². The van der Waals surface area contributed by atoms with Gasteiger partial charge in [-0.3, -0.25) is 0 Å².